The molecule has 144 valence electrons. The van der Waals surface area contributed by atoms with E-state index in [2.05, 4.69) is 0 Å². The van der Waals surface area contributed by atoms with Crippen molar-refractivity contribution in [1.29, 1.82) is 0 Å². The Morgan fingerprint density at radius 3 is 2.44 bits per heavy atom. The van der Waals surface area contributed by atoms with Crippen LogP contribution in [-0.4, -0.2) is 33.9 Å². The second-order valence-corrected chi connectivity index (χ2v) is 7.23. The number of ketones is 2. The highest BCUT2D eigenvalue weighted by atomic mass is 16.5. The average Bonchev–Trinajstić information content (AvgIpc) is 2.56. The molecule has 2 N–H and O–H groups in total. The Kier molecular flexibility index (Phi) is 6.33. The topological polar surface area (TPSA) is 101 Å². The maximum absolute atomic E-state index is 12.9. The Morgan fingerprint density at radius 2 is 1.85 bits per heavy atom. The number of Topliss-reactive ketones (excluding diaryl/α,β-unsaturated/α-hetero) is 1. The lowest BCUT2D eigenvalue weighted by molar-refractivity contribution is -0.135. The van der Waals surface area contributed by atoms with Crippen LogP contribution in [0.1, 0.15) is 61.3 Å². The van der Waals surface area contributed by atoms with Crippen molar-refractivity contribution >= 4 is 17.5 Å². The highest BCUT2D eigenvalue weighted by molar-refractivity contribution is 6.27. The molecule has 0 bridgehead atoms. The van der Waals surface area contributed by atoms with E-state index in [0.29, 0.717) is 0 Å². The lowest BCUT2D eigenvalue weighted by Crippen LogP contribution is -2.26. The number of aromatic hydroxyl groups is 1. The standard InChI is InChI=1S/C21H24O6/c1-11(2)5-6-14(22)13-10-16(24)19-15(23)7-8-17(20(19)21(13)26)27-18(25)9-12(3)4/h5,7-8,10,12,14,22-23H,6,9H2,1-4H3/t14-/m0/s1. The molecule has 0 saturated heterocycles. The predicted molar refractivity (Wildman–Crippen MR) is 100.0 cm³/mol. The number of aliphatic hydroxyl groups is 1. The van der Waals surface area contributed by atoms with Gasteiger partial charge in [0.25, 0.3) is 0 Å². The summed E-state index contributed by atoms with van der Waals surface area (Å²) in [5, 5.41) is 20.4. The van der Waals surface area contributed by atoms with Crippen LogP contribution in [0.5, 0.6) is 11.5 Å². The molecule has 6 nitrogen and oxygen atoms in total. The quantitative estimate of drug-likeness (QED) is 0.451. The number of phenols is 1. The fourth-order valence-electron chi connectivity index (χ4n) is 2.78. The van der Waals surface area contributed by atoms with Crippen LogP contribution >= 0.6 is 0 Å². The number of aliphatic hydroxyl groups excluding tert-OH is 1. The van der Waals surface area contributed by atoms with Gasteiger partial charge in [-0.2, -0.15) is 0 Å². The number of benzene rings is 1. The molecule has 0 amide bonds. The highest BCUT2D eigenvalue weighted by Crippen LogP contribution is 2.36. The number of hydrogen-bond donors (Lipinski definition) is 2. The molecule has 1 atom stereocenters. The number of hydrogen-bond acceptors (Lipinski definition) is 6. The Labute approximate surface area is 158 Å². The number of esters is 1. The van der Waals surface area contributed by atoms with E-state index in [9.17, 15) is 24.6 Å². The zero-order valence-corrected chi connectivity index (χ0v) is 15.9. The molecule has 0 heterocycles. The number of ether oxygens (including phenoxy) is 1. The fraction of sp³-hybridized carbons (Fsp3) is 0.381. The summed E-state index contributed by atoms with van der Waals surface area (Å²) in [4.78, 5) is 37.4. The van der Waals surface area contributed by atoms with E-state index in [-0.39, 0.29) is 47.0 Å². The molecule has 1 aliphatic carbocycles. The molecule has 1 aromatic carbocycles. The SMILES string of the molecule is CC(C)=CC[C@H](O)C1=CC(=O)c2c(O)ccc(OC(=O)CC(C)C)c2C1=O. The van der Waals surface area contributed by atoms with Gasteiger partial charge >= 0.3 is 5.97 Å². The smallest absolute Gasteiger partial charge is 0.311 e. The van der Waals surface area contributed by atoms with Gasteiger partial charge in [0.1, 0.15) is 11.5 Å². The van der Waals surface area contributed by atoms with Crippen molar-refractivity contribution in [2.24, 2.45) is 5.92 Å². The Bertz CT molecular complexity index is 840. The molecule has 0 aromatic heterocycles. The third kappa shape index (κ3) is 4.71. The van der Waals surface area contributed by atoms with Crippen LogP contribution in [-0.2, 0) is 4.79 Å². The van der Waals surface area contributed by atoms with Gasteiger partial charge in [-0.25, -0.2) is 0 Å². The molecule has 2 rings (SSSR count). The van der Waals surface area contributed by atoms with Gasteiger partial charge < -0.3 is 14.9 Å². The summed E-state index contributed by atoms with van der Waals surface area (Å²) in [6.45, 7) is 7.41. The molecule has 27 heavy (non-hydrogen) atoms. The molecule has 0 radical (unpaired) electrons. The van der Waals surface area contributed by atoms with Gasteiger partial charge in [-0.3, -0.25) is 14.4 Å². The summed E-state index contributed by atoms with van der Waals surface area (Å²) in [5.74, 6) is -2.20. The molecule has 6 heteroatoms. The highest BCUT2D eigenvalue weighted by Gasteiger charge is 2.34. The lowest BCUT2D eigenvalue weighted by atomic mass is 9.85. The first-order chi connectivity index (χ1) is 12.6. The van der Waals surface area contributed by atoms with Crippen molar-refractivity contribution in [2.45, 2.75) is 46.6 Å². The lowest BCUT2D eigenvalue weighted by Gasteiger charge is -2.21. The van der Waals surface area contributed by atoms with Gasteiger partial charge in [0.05, 0.1) is 17.2 Å². The number of allylic oxidation sites excluding steroid dienone is 2. The van der Waals surface area contributed by atoms with Crippen molar-refractivity contribution in [1.82, 2.24) is 0 Å². The van der Waals surface area contributed by atoms with Crippen LogP contribution in [0.15, 0.2) is 35.4 Å². The van der Waals surface area contributed by atoms with Crippen LogP contribution in [0.25, 0.3) is 0 Å². The van der Waals surface area contributed by atoms with Gasteiger partial charge in [0.15, 0.2) is 11.6 Å². The van der Waals surface area contributed by atoms with E-state index in [1.54, 1.807) is 6.08 Å². The molecule has 0 saturated carbocycles. The van der Waals surface area contributed by atoms with Crippen molar-refractivity contribution in [2.75, 3.05) is 0 Å². The van der Waals surface area contributed by atoms with E-state index in [1.807, 2.05) is 27.7 Å². The first-order valence-corrected chi connectivity index (χ1v) is 8.80. The zero-order valence-electron chi connectivity index (χ0n) is 15.9. The summed E-state index contributed by atoms with van der Waals surface area (Å²) in [5.41, 5.74) is 0.473. The molecular weight excluding hydrogens is 348 g/mol. The first kappa shape index (κ1) is 20.6. The first-order valence-electron chi connectivity index (χ1n) is 8.80. The van der Waals surface area contributed by atoms with Crippen LogP contribution < -0.4 is 4.74 Å². The van der Waals surface area contributed by atoms with Crippen molar-refractivity contribution < 1.29 is 29.3 Å². The summed E-state index contributed by atoms with van der Waals surface area (Å²) >= 11 is 0. The second-order valence-electron chi connectivity index (χ2n) is 7.23. The zero-order chi connectivity index (χ0) is 20.3. The maximum Gasteiger partial charge on any atom is 0.311 e. The average molecular weight is 372 g/mol. The van der Waals surface area contributed by atoms with Crippen LogP contribution in [0.3, 0.4) is 0 Å². The largest absolute Gasteiger partial charge is 0.507 e. The second kappa shape index (κ2) is 8.31. The summed E-state index contributed by atoms with van der Waals surface area (Å²) in [6, 6.07) is 2.49. The molecular formula is C21H24O6. The fourth-order valence-corrected chi connectivity index (χ4v) is 2.78. The van der Waals surface area contributed by atoms with Gasteiger partial charge in [-0.05, 0) is 44.4 Å². The monoisotopic (exact) mass is 372 g/mol. The van der Waals surface area contributed by atoms with E-state index in [4.69, 9.17) is 4.74 Å². The normalized spacial score (nSPS) is 14.5. The summed E-state index contributed by atoms with van der Waals surface area (Å²) in [6.07, 6.45) is 1.93. The molecule has 0 fully saturated rings. The third-order valence-corrected chi connectivity index (χ3v) is 4.07. The van der Waals surface area contributed by atoms with E-state index in [1.165, 1.54) is 12.1 Å². The van der Waals surface area contributed by atoms with Crippen molar-refractivity contribution in [3.63, 3.8) is 0 Å². The molecule has 1 aliphatic rings. The summed E-state index contributed by atoms with van der Waals surface area (Å²) in [7, 11) is 0. The van der Waals surface area contributed by atoms with Crippen molar-refractivity contribution in [3.8, 4) is 11.5 Å². The van der Waals surface area contributed by atoms with Gasteiger partial charge in [0.2, 0.25) is 0 Å². The van der Waals surface area contributed by atoms with E-state index in [0.717, 1.165) is 11.6 Å². The van der Waals surface area contributed by atoms with Gasteiger partial charge in [-0.15, -0.1) is 0 Å². The van der Waals surface area contributed by atoms with Gasteiger partial charge in [-0.1, -0.05) is 25.5 Å². The Morgan fingerprint density at radius 1 is 1.19 bits per heavy atom. The summed E-state index contributed by atoms with van der Waals surface area (Å²) < 4.78 is 5.28. The van der Waals surface area contributed by atoms with Crippen LogP contribution in [0, 0.1) is 5.92 Å². The Hall–Kier alpha value is -2.73. The molecule has 0 aliphatic heterocycles. The maximum atomic E-state index is 12.9. The molecule has 0 unspecified atom stereocenters. The Balaban J connectivity index is 2.44. The number of fused-ring (bicyclic) bond motifs is 1. The van der Waals surface area contributed by atoms with Crippen molar-refractivity contribution in [3.05, 3.63) is 46.6 Å². The molecule has 0 spiro atoms. The minimum Gasteiger partial charge on any atom is -0.507 e. The minimum absolute atomic E-state index is 0.0594. The number of rotatable bonds is 6. The van der Waals surface area contributed by atoms with Crippen LogP contribution in [0.4, 0.5) is 0 Å². The van der Waals surface area contributed by atoms with E-state index < -0.39 is 23.6 Å². The number of phenolic OH excluding ortho intramolecular Hbond substituents is 1. The number of carbonyl (C=O) groups excluding carboxylic acids is 3. The number of carbonyl (C=O) groups is 3. The minimum atomic E-state index is -1.17. The predicted octanol–water partition coefficient (Wildman–Crippen LogP) is 3.37. The van der Waals surface area contributed by atoms with Gasteiger partial charge in [0, 0.05) is 12.0 Å². The van der Waals surface area contributed by atoms with E-state index >= 15 is 0 Å². The molecule has 1 aromatic rings. The third-order valence-electron chi connectivity index (χ3n) is 4.07. The van der Waals surface area contributed by atoms with Crippen LogP contribution in [0.2, 0.25) is 0 Å².